The molecule has 0 aromatic heterocycles. The van der Waals surface area contributed by atoms with Crippen LogP contribution in [-0.2, 0) is 4.74 Å². The second-order valence-corrected chi connectivity index (χ2v) is 6.32. The molecule has 4 heterocycles. The third-order valence-electron chi connectivity index (χ3n) is 4.46. The Kier molecular flexibility index (Phi) is 4.42. The van der Waals surface area contributed by atoms with Crippen LogP contribution in [0.25, 0.3) is 0 Å². The van der Waals surface area contributed by atoms with Gasteiger partial charge in [0.15, 0.2) is 11.5 Å². The highest BCUT2D eigenvalue weighted by Crippen LogP contribution is 2.43. The molecule has 0 saturated heterocycles. The van der Waals surface area contributed by atoms with Crippen molar-refractivity contribution in [2.24, 2.45) is 15.0 Å². The minimum Gasteiger partial charge on any atom is -0.473 e. The van der Waals surface area contributed by atoms with Crippen molar-refractivity contribution in [2.75, 3.05) is 13.5 Å². The number of hydrogen-bond acceptors (Lipinski definition) is 8. The molecule has 0 fully saturated rings. The molecule has 4 aliphatic heterocycles. The molecule has 4 aliphatic rings. The maximum atomic E-state index is 5.71. The average Bonchev–Trinajstić information content (AvgIpc) is 3.36. The molecule has 0 aliphatic carbocycles. The van der Waals surface area contributed by atoms with Gasteiger partial charge in [0.25, 0.3) is 0 Å². The van der Waals surface area contributed by atoms with Crippen molar-refractivity contribution in [3.63, 3.8) is 0 Å². The maximum absolute atomic E-state index is 5.71. The number of fused-ring (bicyclic) bond motifs is 7. The second kappa shape index (κ2) is 7.51. The van der Waals surface area contributed by atoms with Crippen LogP contribution in [0.3, 0.4) is 0 Å². The van der Waals surface area contributed by atoms with Gasteiger partial charge in [-0.25, -0.2) is 4.99 Å². The van der Waals surface area contributed by atoms with E-state index in [1.807, 2.05) is 36.8 Å². The summed E-state index contributed by atoms with van der Waals surface area (Å²) in [4.78, 5) is 17.5. The molecule has 0 unspecified atom stereocenters. The molecular weight excluding hydrogens is 370 g/mol. The first-order valence-electron chi connectivity index (χ1n) is 9.01. The smallest absolute Gasteiger partial charge is 0.231 e. The molecule has 1 aromatic rings. The van der Waals surface area contributed by atoms with Crippen LogP contribution in [0, 0.1) is 0 Å². The molecule has 0 atom stereocenters. The van der Waals surface area contributed by atoms with Crippen LogP contribution in [0.1, 0.15) is 5.56 Å². The van der Waals surface area contributed by atoms with E-state index in [1.165, 1.54) is 0 Å². The van der Waals surface area contributed by atoms with Crippen molar-refractivity contribution in [3.8, 4) is 11.5 Å². The van der Waals surface area contributed by atoms with Crippen LogP contribution in [0.5, 0.6) is 11.5 Å². The highest BCUT2D eigenvalue weighted by Gasteiger charge is 2.27. The van der Waals surface area contributed by atoms with Crippen molar-refractivity contribution >= 4 is 24.0 Å². The van der Waals surface area contributed by atoms with Crippen LogP contribution < -0.4 is 9.47 Å². The molecule has 144 valence electrons. The van der Waals surface area contributed by atoms with Crippen LogP contribution in [0.4, 0.5) is 5.69 Å². The first-order chi connectivity index (χ1) is 14.4. The van der Waals surface area contributed by atoms with E-state index in [-0.39, 0.29) is 6.79 Å². The van der Waals surface area contributed by atoms with Gasteiger partial charge in [-0.05, 0) is 24.3 Å². The van der Waals surface area contributed by atoms with E-state index in [1.54, 1.807) is 43.4 Å². The van der Waals surface area contributed by atoms with Gasteiger partial charge in [0, 0.05) is 54.6 Å². The van der Waals surface area contributed by atoms with E-state index in [9.17, 15) is 0 Å². The molecule has 29 heavy (non-hydrogen) atoms. The van der Waals surface area contributed by atoms with E-state index in [2.05, 4.69) is 19.8 Å². The number of benzene rings is 1. The van der Waals surface area contributed by atoms with Gasteiger partial charge < -0.3 is 24.0 Å². The van der Waals surface area contributed by atoms with Crippen molar-refractivity contribution in [1.82, 2.24) is 9.80 Å². The quantitative estimate of drug-likeness (QED) is 0.682. The van der Waals surface area contributed by atoms with Gasteiger partial charge in [-0.1, -0.05) is 0 Å². The summed E-state index contributed by atoms with van der Waals surface area (Å²) in [6.07, 6.45) is 19.3. The minimum absolute atomic E-state index is 0.169. The number of rotatable bonds is 0. The van der Waals surface area contributed by atoms with E-state index in [0.29, 0.717) is 23.9 Å². The van der Waals surface area contributed by atoms with Gasteiger partial charge in [0.05, 0.1) is 19.2 Å². The third-order valence-corrected chi connectivity index (χ3v) is 4.46. The first-order valence-corrected chi connectivity index (χ1v) is 9.01. The number of allylic oxidation sites excluding steroid dienone is 1. The van der Waals surface area contributed by atoms with Crippen LogP contribution in [0.2, 0.25) is 0 Å². The van der Waals surface area contributed by atoms with Gasteiger partial charge in [0.1, 0.15) is 11.5 Å². The molecule has 0 saturated carbocycles. The van der Waals surface area contributed by atoms with Crippen molar-refractivity contribution in [2.45, 2.75) is 0 Å². The Bertz CT molecular complexity index is 1060. The Hall–Kier alpha value is -4.07. The monoisotopic (exact) mass is 387 g/mol. The average molecular weight is 387 g/mol. The minimum atomic E-state index is 0.169. The SMILES string of the molecule is C1=CN2CN1C=C1/C=C\O\C=C/C=N\C=C/N=Cc3ccc4c(c3N=C12)OCO4. The predicted molar refractivity (Wildman–Crippen MR) is 110 cm³/mol. The highest BCUT2D eigenvalue weighted by atomic mass is 16.7. The van der Waals surface area contributed by atoms with Crippen molar-refractivity contribution < 1.29 is 14.2 Å². The Balaban J connectivity index is 1.66. The molecule has 0 radical (unpaired) electrons. The first kappa shape index (κ1) is 17.1. The Morgan fingerprint density at radius 3 is 2.97 bits per heavy atom. The van der Waals surface area contributed by atoms with Gasteiger partial charge in [-0.2, -0.15) is 0 Å². The zero-order valence-corrected chi connectivity index (χ0v) is 15.4. The fraction of sp³-hybridized carbons (Fsp3) is 0.0952. The third kappa shape index (κ3) is 3.43. The molecule has 5 rings (SSSR count). The molecular formula is C21H17N5O3. The summed E-state index contributed by atoms with van der Waals surface area (Å²) < 4.78 is 16.7. The largest absolute Gasteiger partial charge is 0.473 e. The summed E-state index contributed by atoms with van der Waals surface area (Å²) in [5.41, 5.74) is 2.37. The van der Waals surface area contributed by atoms with Gasteiger partial charge in [-0.15, -0.1) is 0 Å². The predicted octanol–water partition coefficient (Wildman–Crippen LogP) is 3.41. The summed E-state index contributed by atoms with van der Waals surface area (Å²) in [7, 11) is 0. The molecule has 1 aromatic carbocycles. The van der Waals surface area contributed by atoms with Gasteiger partial charge in [-0.3, -0.25) is 9.98 Å². The molecule has 8 heteroatoms. The fourth-order valence-corrected chi connectivity index (χ4v) is 3.14. The summed E-state index contributed by atoms with van der Waals surface area (Å²) in [6.45, 7) is 0.870. The second-order valence-electron chi connectivity index (χ2n) is 6.32. The molecule has 0 spiro atoms. The number of ether oxygens (including phenoxy) is 3. The van der Waals surface area contributed by atoms with Gasteiger partial charge >= 0.3 is 0 Å². The topological polar surface area (TPSA) is 71.2 Å². The normalized spacial score (nSPS) is 23.4. The van der Waals surface area contributed by atoms with Crippen molar-refractivity contribution in [3.05, 3.63) is 78.9 Å². The van der Waals surface area contributed by atoms with Crippen LogP contribution in [0.15, 0.2) is 88.4 Å². The summed E-state index contributed by atoms with van der Waals surface area (Å²) in [5.74, 6) is 2.05. The standard InChI is InChI=1S/C21H17N5O3/c1-5-22-6-7-23-12-16-2-3-18-20(29-15-28-18)19(16)24-21-17(4-11-27-10-1)13-25-8-9-26(21)14-25/h1-13H,14-15H2/b7-6-,10-1-,11-4-,22-5-,23-12?,24-21?. The number of aliphatic imine (C=N–C) groups is 3. The lowest BCUT2D eigenvalue weighted by atomic mass is 10.1. The molecule has 2 bridgehead atoms. The van der Waals surface area contributed by atoms with Crippen LogP contribution >= 0.6 is 0 Å². The lowest BCUT2D eigenvalue weighted by Gasteiger charge is -2.27. The Labute approximate surface area is 167 Å². The fourth-order valence-electron chi connectivity index (χ4n) is 3.14. The summed E-state index contributed by atoms with van der Waals surface area (Å²) in [5, 5.41) is 0. The number of amidine groups is 1. The zero-order valence-electron chi connectivity index (χ0n) is 15.4. The highest BCUT2D eigenvalue weighted by molar-refractivity contribution is 6.05. The summed E-state index contributed by atoms with van der Waals surface area (Å²) in [6, 6.07) is 3.78. The maximum Gasteiger partial charge on any atom is 0.231 e. The Morgan fingerprint density at radius 2 is 1.97 bits per heavy atom. The van der Waals surface area contributed by atoms with E-state index < -0.39 is 0 Å². The lowest BCUT2D eigenvalue weighted by Crippen LogP contribution is -2.34. The van der Waals surface area contributed by atoms with Crippen LogP contribution in [-0.4, -0.2) is 41.5 Å². The molecule has 0 amide bonds. The van der Waals surface area contributed by atoms with Gasteiger partial charge in [0.2, 0.25) is 6.79 Å². The molecule has 8 nitrogen and oxygen atoms in total. The van der Waals surface area contributed by atoms with E-state index >= 15 is 0 Å². The van der Waals surface area contributed by atoms with E-state index in [4.69, 9.17) is 19.2 Å². The summed E-state index contributed by atoms with van der Waals surface area (Å²) >= 11 is 0. The number of nitrogens with zero attached hydrogens (tertiary/aromatic N) is 5. The zero-order chi connectivity index (χ0) is 19.5. The molecule has 0 N–H and O–H groups in total. The van der Waals surface area contributed by atoms with Crippen molar-refractivity contribution in [1.29, 1.82) is 0 Å². The van der Waals surface area contributed by atoms with E-state index in [0.717, 1.165) is 17.0 Å². The number of hydrogen-bond donors (Lipinski definition) is 0. The Morgan fingerprint density at radius 1 is 1.00 bits per heavy atom. The lowest BCUT2D eigenvalue weighted by molar-refractivity contribution is 0.174.